The first-order valence-corrected chi connectivity index (χ1v) is 9.62. The smallest absolute Gasteiger partial charge is 0.201 e. The molecule has 1 unspecified atom stereocenters. The zero-order valence-electron chi connectivity index (χ0n) is 11.2. The maximum absolute atomic E-state index is 6.36. The molecule has 0 aromatic carbocycles. The van der Waals surface area contributed by atoms with E-state index in [0.29, 0.717) is 6.10 Å². The van der Waals surface area contributed by atoms with E-state index in [0.717, 1.165) is 5.92 Å². The van der Waals surface area contributed by atoms with Crippen molar-refractivity contribution in [3.63, 3.8) is 0 Å². The summed E-state index contributed by atoms with van der Waals surface area (Å²) < 4.78 is 6.36. The molecule has 2 saturated carbocycles. The van der Waals surface area contributed by atoms with Gasteiger partial charge in [-0.1, -0.05) is 57.1 Å². The van der Waals surface area contributed by atoms with Gasteiger partial charge in [0, 0.05) is 6.10 Å². The monoisotopic (exact) mass is 252 g/mol. The minimum absolute atomic E-state index is 0.585. The molecule has 0 N–H and O–H groups in total. The Morgan fingerprint density at radius 2 is 1.53 bits per heavy atom. The average Bonchev–Trinajstić information content (AvgIpc) is 2.40. The molecule has 2 rings (SSSR count). The number of rotatable bonds is 5. The second-order valence-corrected chi connectivity index (χ2v) is 8.20. The van der Waals surface area contributed by atoms with Gasteiger partial charge in [0.1, 0.15) is 0 Å². The molecule has 0 amide bonds. The predicted octanol–water partition coefficient (Wildman–Crippen LogP) is 4.37. The van der Waals surface area contributed by atoms with E-state index >= 15 is 0 Å². The van der Waals surface area contributed by atoms with Crippen LogP contribution in [0.3, 0.4) is 0 Å². The molecule has 0 saturated heterocycles. The maximum atomic E-state index is 6.36. The van der Waals surface area contributed by atoms with E-state index < -0.39 is 9.04 Å². The normalized spacial score (nSPS) is 25.6. The van der Waals surface area contributed by atoms with Crippen LogP contribution in [0.1, 0.15) is 64.2 Å². The van der Waals surface area contributed by atoms with Crippen LogP contribution in [-0.4, -0.2) is 15.1 Å². The lowest BCUT2D eigenvalue weighted by Crippen LogP contribution is -2.28. The van der Waals surface area contributed by atoms with Gasteiger partial charge in [-0.3, -0.25) is 0 Å². The highest BCUT2D eigenvalue weighted by atomic mass is 28.3. The molecule has 17 heavy (non-hydrogen) atoms. The topological polar surface area (TPSA) is 9.23 Å². The summed E-state index contributed by atoms with van der Waals surface area (Å²) in [6, 6.07) is 1.36. The van der Waals surface area contributed by atoms with E-state index in [1.807, 2.05) is 0 Å². The van der Waals surface area contributed by atoms with E-state index in [-0.39, 0.29) is 0 Å². The van der Waals surface area contributed by atoms with Crippen molar-refractivity contribution in [2.45, 2.75) is 76.4 Å². The number of hydrogen-bond donors (Lipinski definition) is 0. The first kappa shape index (κ1) is 13.4. The van der Waals surface area contributed by atoms with Crippen LogP contribution in [0.4, 0.5) is 0 Å². The molecule has 0 spiro atoms. The van der Waals surface area contributed by atoms with Crippen LogP contribution in [0.2, 0.25) is 6.04 Å². The Labute approximate surface area is 108 Å². The standard InChI is InChI=1S/C15H28OSi/c1-2-17(13-14-9-5-3-6-10-14)16-15-11-7-4-8-12-15/h2,14-15,17H,1,3-13H2. The molecule has 98 valence electrons. The predicted molar refractivity (Wildman–Crippen MR) is 76.7 cm³/mol. The lowest BCUT2D eigenvalue weighted by molar-refractivity contribution is 0.153. The molecule has 0 aromatic rings. The van der Waals surface area contributed by atoms with Crippen LogP contribution in [0.15, 0.2) is 12.3 Å². The molecule has 0 radical (unpaired) electrons. The second-order valence-electron chi connectivity index (χ2n) is 5.91. The van der Waals surface area contributed by atoms with Gasteiger partial charge in [-0.15, -0.1) is 6.58 Å². The van der Waals surface area contributed by atoms with Crippen molar-refractivity contribution in [1.82, 2.24) is 0 Å². The van der Waals surface area contributed by atoms with E-state index in [1.165, 1.54) is 70.3 Å². The van der Waals surface area contributed by atoms with Crippen LogP contribution in [0, 0.1) is 5.92 Å². The highest BCUT2D eigenvalue weighted by molar-refractivity contribution is 6.57. The molecule has 1 nitrogen and oxygen atoms in total. The van der Waals surface area contributed by atoms with Crippen molar-refractivity contribution in [2.24, 2.45) is 5.92 Å². The average molecular weight is 252 g/mol. The van der Waals surface area contributed by atoms with Gasteiger partial charge in [-0.25, -0.2) is 0 Å². The molecule has 2 heteroatoms. The van der Waals surface area contributed by atoms with E-state index in [2.05, 4.69) is 12.3 Å². The summed E-state index contributed by atoms with van der Waals surface area (Å²) in [5.74, 6) is 0.960. The SMILES string of the molecule is C=C[SiH](CC1CCCCC1)OC1CCCCC1. The quantitative estimate of drug-likeness (QED) is 0.660. The van der Waals surface area contributed by atoms with Crippen LogP contribution >= 0.6 is 0 Å². The molecule has 2 aliphatic carbocycles. The fourth-order valence-electron chi connectivity index (χ4n) is 3.41. The first-order chi connectivity index (χ1) is 8.38. The lowest BCUT2D eigenvalue weighted by atomic mass is 9.91. The van der Waals surface area contributed by atoms with Crippen LogP contribution in [-0.2, 0) is 4.43 Å². The van der Waals surface area contributed by atoms with Gasteiger partial charge in [-0.2, -0.15) is 0 Å². The summed E-state index contributed by atoms with van der Waals surface area (Å²) in [7, 11) is -1.10. The second kappa shape index (κ2) is 7.37. The molecule has 0 bridgehead atoms. The van der Waals surface area contributed by atoms with Crippen LogP contribution in [0.25, 0.3) is 0 Å². The van der Waals surface area contributed by atoms with E-state index in [9.17, 15) is 0 Å². The van der Waals surface area contributed by atoms with Gasteiger partial charge >= 0.3 is 0 Å². The first-order valence-electron chi connectivity index (χ1n) is 7.66. The lowest BCUT2D eigenvalue weighted by Gasteiger charge is -2.29. The summed E-state index contributed by atoms with van der Waals surface area (Å²) in [5.41, 5.74) is 2.18. The molecule has 1 atom stereocenters. The minimum Gasteiger partial charge on any atom is -0.413 e. The fourth-order valence-corrected chi connectivity index (χ4v) is 5.72. The highest BCUT2D eigenvalue weighted by Gasteiger charge is 2.22. The van der Waals surface area contributed by atoms with E-state index in [1.54, 1.807) is 0 Å². The van der Waals surface area contributed by atoms with Gasteiger partial charge in [0.2, 0.25) is 9.04 Å². The molecule has 0 heterocycles. The molecule has 0 aliphatic heterocycles. The Kier molecular flexibility index (Phi) is 5.79. The Bertz CT molecular complexity index is 197. The van der Waals surface area contributed by atoms with Gasteiger partial charge in [0.15, 0.2) is 0 Å². The molecule has 2 aliphatic rings. The van der Waals surface area contributed by atoms with Gasteiger partial charge in [0.05, 0.1) is 0 Å². The summed E-state index contributed by atoms with van der Waals surface area (Å²) >= 11 is 0. The Hall–Kier alpha value is -0.0831. The van der Waals surface area contributed by atoms with Crippen molar-refractivity contribution < 1.29 is 4.43 Å². The highest BCUT2D eigenvalue weighted by Crippen LogP contribution is 2.29. The fraction of sp³-hybridized carbons (Fsp3) is 0.867. The Morgan fingerprint density at radius 1 is 0.941 bits per heavy atom. The summed E-state index contributed by atoms with van der Waals surface area (Å²) in [4.78, 5) is 0. The zero-order valence-corrected chi connectivity index (χ0v) is 12.4. The zero-order chi connectivity index (χ0) is 11.9. The molecule has 0 aromatic heterocycles. The largest absolute Gasteiger partial charge is 0.413 e. The van der Waals surface area contributed by atoms with Crippen molar-refractivity contribution in [2.75, 3.05) is 0 Å². The Morgan fingerprint density at radius 3 is 2.12 bits per heavy atom. The third kappa shape index (κ3) is 4.59. The molecule has 2 fully saturated rings. The maximum Gasteiger partial charge on any atom is 0.201 e. The number of hydrogen-bond acceptors (Lipinski definition) is 1. The van der Waals surface area contributed by atoms with Crippen LogP contribution < -0.4 is 0 Å². The van der Waals surface area contributed by atoms with Crippen molar-refractivity contribution in [3.8, 4) is 0 Å². The third-order valence-electron chi connectivity index (χ3n) is 4.47. The van der Waals surface area contributed by atoms with Crippen molar-refractivity contribution >= 4 is 9.04 Å². The summed E-state index contributed by atoms with van der Waals surface area (Å²) in [5, 5.41) is 0. The van der Waals surface area contributed by atoms with Crippen molar-refractivity contribution in [1.29, 1.82) is 0 Å². The van der Waals surface area contributed by atoms with Crippen LogP contribution in [0.5, 0.6) is 0 Å². The molecular weight excluding hydrogens is 224 g/mol. The summed E-state index contributed by atoms with van der Waals surface area (Å²) in [6.45, 7) is 4.03. The molecular formula is C15H28OSi. The van der Waals surface area contributed by atoms with Crippen molar-refractivity contribution in [3.05, 3.63) is 12.3 Å². The van der Waals surface area contributed by atoms with E-state index in [4.69, 9.17) is 4.43 Å². The third-order valence-corrected chi connectivity index (χ3v) is 6.86. The van der Waals surface area contributed by atoms with Gasteiger partial charge in [-0.05, 0) is 24.8 Å². The van der Waals surface area contributed by atoms with Gasteiger partial charge in [0.25, 0.3) is 0 Å². The minimum atomic E-state index is -1.10. The Balaban J connectivity index is 1.72. The summed E-state index contributed by atoms with van der Waals surface area (Å²) in [6.07, 6.45) is 14.6. The van der Waals surface area contributed by atoms with Gasteiger partial charge < -0.3 is 4.43 Å².